The van der Waals surface area contributed by atoms with E-state index in [1.807, 2.05) is 0 Å². The van der Waals surface area contributed by atoms with Gasteiger partial charge in [0, 0.05) is 13.1 Å². The minimum atomic E-state index is -0.781. The van der Waals surface area contributed by atoms with Crippen LogP contribution in [-0.4, -0.2) is 40.6 Å². The van der Waals surface area contributed by atoms with Gasteiger partial charge in [0.15, 0.2) is 0 Å². The Hall–Kier alpha value is -3.03. The molecule has 122 valence electrons. The highest BCUT2D eigenvalue weighted by Gasteiger charge is 2.62. The molecule has 3 aliphatic heterocycles. The normalized spacial score (nSPS) is 31.0. The van der Waals surface area contributed by atoms with Crippen molar-refractivity contribution in [2.45, 2.75) is 6.04 Å². The van der Waals surface area contributed by atoms with E-state index in [4.69, 9.17) is 0 Å². The van der Waals surface area contributed by atoms with Crippen molar-refractivity contribution in [1.82, 2.24) is 4.90 Å². The van der Waals surface area contributed by atoms with Crippen LogP contribution in [0.15, 0.2) is 36.4 Å². The minimum Gasteiger partial charge on any atom is -0.338 e. The van der Waals surface area contributed by atoms with Crippen LogP contribution < -0.4 is 4.90 Å². The number of nitro groups is 1. The number of nitro benzene ring substituents is 1. The Morgan fingerprint density at radius 2 is 1.67 bits per heavy atom. The van der Waals surface area contributed by atoms with Gasteiger partial charge in [0.1, 0.15) is 5.69 Å². The summed E-state index contributed by atoms with van der Waals surface area (Å²) in [7, 11) is 1.60. The second-order valence-corrected chi connectivity index (χ2v) is 6.16. The molecule has 3 amide bonds. The standard InChI is InChI=1S/C16H13N3O5/c1-17-11-7-6-8(14(17)20)12-13(11)16(22)18(15(12)21)9-4-2-3-5-10(9)19(23)24/h2-8,11-13H,1H3/t8-,11+,12-,13-/m1/s1. The zero-order valence-corrected chi connectivity index (χ0v) is 12.7. The van der Waals surface area contributed by atoms with Crippen LogP contribution in [0, 0.1) is 27.9 Å². The van der Waals surface area contributed by atoms with Gasteiger partial charge in [0.25, 0.3) is 5.69 Å². The molecule has 4 atom stereocenters. The lowest BCUT2D eigenvalue weighted by Crippen LogP contribution is -2.57. The number of carbonyl (C=O) groups excluding carboxylic acids is 3. The summed E-state index contributed by atoms with van der Waals surface area (Å²) < 4.78 is 0. The van der Waals surface area contributed by atoms with E-state index in [-0.39, 0.29) is 17.3 Å². The van der Waals surface area contributed by atoms with Crippen LogP contribution in [0.4, 0.5) is 11.4 Å². The van der Waals surface area contributed by atoms with Crippen molar-refractivity contribution in [2.75, 3.05) is 11.9 Å². The van der Waals surface area contributed by atoms with Crippen molar-refractivity contribution in [3.05, 3.63) is 46.5 Å². The maximum absolute atomic E-state index is 12.9. The number of hydrogen-bond acceptors (Lipinski definition) is 5. The Morgan fingerprint density at radius 3 is 2.38 bits per heavy atom. The first kappa shape index (κ1) is 14.6. The fourth-order valence-corrected chi connectivity index (χ4v) is 3.96. The van der Waals surface area contributed by atoms with Crippen LogP contribution in [0.2, 0.25) is 0 Å². The Labute approximate surface area is 136 Å². The van der Waals surface area contributed by atoms with E-state index in [0.29, 0.717) is 0 Å². The summed E-state index contributed by atoms with van der Waals surface area (Å²) in [5.41, 5.74) is -0.348. The Morgan fingerprint density at radius 1 is 1.00 bits per heavy atom. The zero-order chi connectivity index (χ0) is 17.2. The van der Waals surface area contributed by atoms with Crippen LogP contribution in [0.1, 0.15) is 0 Å². The number of para-hydroxylation sites is 2. The van der Waals surface area contributed by atoms with Gasteiger partial charge in [-0.05, 0) is 6.07 Å². The fourth-order valence-electron chi connectivity index (χ4n) is 3.96. The summed E-state index contributed by atoms with van der Waals surface area (Å²) in [6.07, 6.45) is 3.43. The van der Waals surface area contributed by atoms with Crippen molar-refractivity contribution in [3.8, 4) is 0 Å². The zero-order valence-electron chi connectivity index (χ0n) is 12.7. The molecule has 0 unspecified atom stereocenters. The first-order chi connectivity index (χ1) is 11.4. The van der Waals surface area contributed by atoms with Crippen LogP contribution in [0.3, 0.4) is 0 Å². The van der Waals surface area contributed by atoms with Gasteiger partial charge in [0.2, 0.25) is 17.7 Å². The number of benzene rings is 1. The average Bonchev–Trinajstić information content (AvgIpc) is 2.84. The van der Waals surface area contributed by atoms with Crippen molar-refractivity contribution in [1.29, 1.82) is 0 Å². The Balaban J connectivity index is 1.83. The van der Waals surface area contributed by atoms with Gasteiger partial charge in [-0.2, -0.15) is 0 Å². The maximum atomic E-state index is 12.9. The average molecular weight is 327 g/mol. The molecule has 4 aliphatic rings. The minimum absolute atomic E-state index is 0.0404. The summed E-state index contributed by atoms with van der Waals surface area (Å²) in [6, 6.07) is 5.16. The number of carbonyl (C=O) groups is 3. The third-order valence-electron chi connectivity index (χ3n) is 5.07. The second kappa shape index (κ2) is 4.73. The molecule has 1 aliphatic carbocycles. The summed E-state index contributed by atoms with van der Waals surface area (Å²) >= 11 is 0. The van der Waals surface area contributed by atoms with E-state index >= 15 is 0 Å². The predicted octanol–water partition coefficient (Wildman–Crippen LogP) is 0.727. The van der Waals surface area contributed by atoms with E-state index in [2.05, 4.69) is 0 Å². The van der Waals surface area contributed by atoms with E-state index in [9.17, 15) is 24.5 Å². The number of fused-ring (bicyclic) bond motifs is 1. The smallest absolute Gasteiger partial charge is 0.293 e. The van der Waals surface area contributed by atoms with Gasteiger partial charge in [0.05, 0.1) is 28.7 Å². The number of piperidine rings is 1. The van der Waals surface area contributed by atoms with Gasteiger partial charge in [-0.15, -0.1) is 0 Å². The van der Waals surface area contributed by atoms with Crippen LogP contribution in [-0.2, 0) is 14.4 Å². The molecule has 8 nitrogen and oxygen atoms in total. The molecule has 24 heavy (non-hydrogen) atoms. The number of hydrogen-bond donors (Lipinski definition) is 0. The third kappa shape index (κ3) is 1.65. The lowest BCUT2D eigenvalue weighted by atomic mass is 9.70. The van der Waals surface area contributed by atoms with Gasteiger partial charge >= 0.3 is 0 Å². The second-order valence-electron chi connectivity index (χ2n) is 6.16. The highest BCUT2D eigenvalue weighted by molar-refractivity contribution is 6.24. The largest absolute Gasteiger partial charge is 0.338 e. The maximum Gasteiger partial charge on any atom is 0.293 e. The summed E-state index contributed by atoms with van der Waals surface area (Å²) in [4.78, 5) is 51.0. The highest BCUT2D eigenvalue weighted by atomic mass is 16.6. The highest BCUT2D eigenvalue weighted by Crippen LogP contribution is 2.47. The molecule has 3 heterocycles. The SMILES string of the molecule is CN1C(=O)[C@@H]2C=C[C@H]1[C@H]1C(=O)N(c3ccccc3[N+](=O)[O-])C(=O)[C@@H]12. The molecule has 8 heteroatoms. The molecular formula is C16H13N3O5. The number of likely N-dealkylation sites (N-methyl/N-ethyl adjacent to an activating group) is 1. The first-order valence-electron chi connectivity index (χ1n) is 7.49. The number of amides is 3. The summed E-state index contributed by atoms with van der Waals surface area (Å²) in [5, 5.41) is 11.2. The molecule has 0 saturated carbocycles. The molecule has 0 spiro atoms. The van der Waals surface area contributed by atoms with Crippen molar-refractivity contribution in [3.63, 3.8) is 0 Å². The fraction of sp³-hybridized carbons (Fsp3) is 0.312. The van der Waals surface area contributed by atoms with E-state index in [1.165, 1.54) is 29.2 Å². The predicted molar refractivity (Wildman–Crippen MR) is 81.8 cm³/mol. The van der Waals surface area contributed by atoms with Crippen LogP contribution >= 0.6 is 0 Å². The molecule has 1 aromatic carbocycles. The molecule has 2 saturated heterocycles. The van der Waals surface area contributed by atoms with Crippen LogP contribution in [0.25, 0.3) is 0 Å². The lowest BCUT2D eigenvalue weighted by Gasteiger charge is -2.44. The summed E-state index contributed by atoms with van der Waals surface area (Å²) in [6.45, 7) is 0. The quantitative estimate of drug-likeness (QED) is 0.345. The Bertz CT molecular complexity index is 833. The van der Waals surface area contributed by atoms with E-state index in [1.54, 1.807) is 19.2 Å². The first-order valence-corrected chi connectivity index (χ1v) is 7.49. The molecule has 2 bridgehead atoms. The molecule has 0 radical (unpaired) electrons. The topological polar surface area (TPSA) is 101 Å². The van der Waals surface area contributed by atoms with Gasteiger partial charge in [-0.3, -0.25) is 24.5 Å². The molecule has 5 rings (SSSR count). The van der Waals surface area contributed by atoms with Crippen molar-refractivity contribution < 1.29 is 19.3 Å². The molecule has 2 fully saturated rings. The molecule has 0 aromatic heterocycles. The number of imide groups is 1. The van der Waals surface area contributed by atoms with Crippen molar-refractivity contribution >= 4 is 29.1 Å². The molecular weight excluding hydrogens is 314 g/mol. The Kier molecular flexibility index (Phi) is 2.87. The van der Waals surface area contributed by atoms with Gasteiger partial charge < -0.3 is 4.90 Å². The number of rotatable bonds is 2. The molecule has 1 aromatic rings. The number of nitrogens with zero attached hydrogens (tertiary/aromatic N) is 3. The van der Waals surface area contributed by atoms with E-state index in [0.717, 1.165) is 4.90 Å². The monoisotopic (exact) mass is 327 g/mol. The van der Waals surface area contributed by atoms with Crippen molar-refractivity contribution in [2.24, 2.45) is 17.8 Å². The lowest BCUT2D eigenvalue weighted by molar-refractivity contribution is -0.384. The van der Waals surface area contributed by atoms with Gasteiger partial charge in [-0.25, -0.2) is 4.90 Å². The van der Waals surface area contributed by atoms with Gasteiger partial charge in [-0.1, -0.05) is 24.3 Å². The summed E-state index contributed by atoms with van der Waals surface area (Å²) in [5.74, 6) is -3.38. The molecule has 0 N–H and O–H groups in total. The number of anilines is 1. The third-order valence-corrected chi connectivity index (χ3v) is 5.07. The van der Waals surface area contributed by atoms with Crippen LogP contribution in [0.5, 0.6) is 0 Å². The van der Waals surface area contributed by atoms with E-state index < -0.39 is 40.5 Å².